The number of thiazole rings is 1. The molecule has 3 rings (SSSR count). The highest BCUT2D eigenvalue weighted by Crippen LogP contribution is 2.38. The Hall–Kier alpha value is -1.88. The molecule has 4 nitrogen and oxygen atoms in total. The largest absolute Gasteiger partial charge is 0.481 e. The zero-order chi connectivity index (χ0) is 17.1. The number of benzene rings is 1. The van der Waals surface area contributed by atoms with Gasteiger partial charge in [0, 0.05) is 7.05 Å². The lowest BCUT2D eigenvalue weighted by Crippen LogP contribution is -2.40. The molecule has 0 saturated heterocycles. The first-order chi connectivity index (χ1) is 11.6. The summed E-state index contributed by atoms with van der Waals surface area (Å²) in [5, 5.41) is 1.17. The van der Waals surface area contributed by atoms with E-state index >= 15 is 0 Å². The fourth-order valence-corrected chi connectivity index (χ4v) is 4.39. The molecule has 0 N–H and O–H groups in total. The highest BCUT2D eigenvalue weighted by molar-refractivity contribution is 7.11. The molecule has 1 aliphatic rings. The summed E-state index contributed by atoms with van der Waals surface area (Å²) in [5.74, 6) is 0.741. The molecule has 1 aromatic heterocycles. The average molecular weight is 344 g/mol. The van der Waals surface area contributed by atoms with Crippen molar-refractivity contribution < 1.29 is 9.53 Å². The molecule has 0 unspecified atom stereocenters. The number of likely N-dealkylation sites (N-methyl/N-ethyl adjacent to an activating group) is 1. The van der Waals surface area contributed by atoms with Gasteiger partial charge in [-0.05, 0) is 44.7 Å². The Balaban J connectivity index is 1.73. The van der Waals surface area contributed by atoms with E-state index in [1.165, 1.54) is 15.6 Å². The molecule has 2 atom stereocenters. The maximum Gasteiger partial charge on any atom is 0.263 e. The third-order valence-electron chi connectivity index (χ3n) is 4.49. The molecule has 128 valence electrons. The van der Waals surface area contributed by atoms with Crippen LogP contribution in [-0.4, -0.2) is 28.9 Å². The molecule has 24 heavy (non-hydrogen) atoms. The van der Waals surface area contributed by atoms with Crippen LogP contribution in [0.25, 0.3) is 0 Å². The number of hydrogen-bond donors (Lipinski definition) is 0. The van der Waals surface area contributed by atoms with Gasteiger partial charge in [-0.3, -0.25) is 4.79 Å². The molecule has 1 aromatic carbocycles. The van der Waals surface area contributed by atoms with Crippen LogP contribution in [0.4, 0.5) is 0 Å². The lowest BCUT2D eigenvalue weighted by molar-refractivity contribution is -0.139. The number of aryl methyl sites for hydroxylation is 2. The van der Waals surface area contributed by atoms with Crippen molar-refractivity contribution in [3.8, 4) is 5.75 Å². The van der Waals surface area contributed by atoms with Crippen molar-refractivity contribution in [3.05, 3.63) is 45.9 Å². The van der Waals surface area contributed by atoms with Gasteiger partial charge in [0.25, 0.3) is 5.91 Å². The SMILES string of the molecule is CCc1nc2c(s1)[C@@H](N(C)C(=O)[C@@H](C)Oc1ccccc1)CCC2. The van der Waals surface area contributed by atoms with Crippen LogP contribution >= 0.6 is 11.3 Å². The summed E-state index contributed by atoms with van der Waals surface area (Å²) in [4.78, 5) is 20.7. The predicted molar refractivity (Wildman–Crippen MR) is 96.5 cm³/mol. The second kappa shape index (κ2) is 7.34. The molecule has 2 aromatic rings. The monoisotopic (exact) mass is 344 g/mol. The van der Waals surface area contributed by atoms with E-state index in [1.807, 2.05) is 49.2 Å². The molecule has 1 aliphatic carbocycles. The standard InChI is InChI=1S/C19H24N2O2S/c1-4-17-20-15-11-8-12-16(18(15)24-17)21(3)19(22)13(2)23-14-9-6-5-7-10-14/h5-7,9-10,13,16H,4,8,11-12H2,1-3H3/t13-,16+/m1/s1. The fraction of sp³-hybridized carbons (Fsp3) is 0.474. The summed E-state index contributed by atoms with van der Waals surface area (Å²) in [6, 6.07) is 9.63. The zero-order valence-electron chi connectivity index (χ0n) is 14.5. The van der Waals surface area contributed by atoms with Gasteiger partial charge in [-0.1, -0.05) is 25.1 Å². The van der Waals surface area contributed by atoms with E-state index in [0.29, 0.717) is 0 Å². The van der Waals surface area contributed by atoms with E-state index in [9.17, 15) is 4.79 Å². The first kappa shape index (κ1) is 17.0. The summed E-state index contributed by atoms with van der Waals surface area (Å²) in [5.41, 5.74) is 1.18. The quantitative estimate of drug-likeness (QED) is 0.823. The number of nitrogens with zero attached hydrogens (tertiary/aromatic N) is 2. The second-order valence-corrected chi connectivity index (χ2v) is 7.32. The number of aromatic nitrogens is 1. The van der Waals surface area contributed by atoms with E-state index < -0.39 is 6.10 Å². The van der Waals surface area contributed by atoms with Crippen LogP contribution in [0.2, 0.25) is 0 Å². The van der Waals surface area contributed by atoms with Gasteiger partial charge in [0.15, 0.2) is 6.10 Å². The first-order valence-electron chi connectivity index (χ1n) is 8.57. The average Bonchev–Trinajstić information content (AvgIpc) is 3.04. The van der Waals surface area contributed by atoms with E-state index in [0.717, 1.165) is 31.4 Å². The summed E-state index contributed by atoms with van der Waals surface area (Å²) in [6.07, 6.45) is 3.56. The third kappa shape index (κ3) is 3.46. The van der Waals surface area contributed by atoms with Crippen LogP contribution in [-0.2, 0) is 17.6 Å². The van der Waals surface area contributed by atoms with Crippen molar-refractivity contribution in [1.82, 2.24) is 9.88 Å². The van der Waals surface area contributed by atoms with E-state index in [2.05, 4.69) is 6.92 Å². The van der Waals surface area contributed by atoms with Crippen LogP contribution < -0.4 is 4.74 Å². The Morgan fingerprint density at radius 3 is 2.88 bits per heavy atom. The Kier molecular flexibility index (Phi) is 5.19. The van der Waals surface area contributed by atoms with Crippen molar-refractivity contribution in [2.45, 2.75) is 51.7 Å². The predicted octanol–water partition coefficient (Wildman–Crippen LogP) is 4.01. The molecule has 0 bridgehead atoms. The van der Waals surface area contributed by atoms with E-state index in [-0.39, 0.29) is 11.9 Å². The molecule has 5 heteroatoms. The maximum absolute atomic E-state index is 12.8. The smallest absolute Gasteiger partial charge is 0.263 e. The fourth-order valence-electron chi connectivity index (χ4n) is 3.16. The lowest BCUT2D eigenvalue weighted by Gasteiger charge is -2.32. The summed E-state index contributed by atoms with van der Waals surface area (Å²) >= 11 is 1.76. The maximum atomic E-state index is 12.8. The molecule has 1 amide bonds. The van der Waals surface area contributed by atoms with Gasteiger partial charge in [-0.15, -0.1) is 11.3 Å². The van der Waals surface area contributed by atoms with Crippen LogP contribution in [0.1, 0.15) is 48.3 Å². The van der Waals surface area contributed by atoms with Crippen LogP contribution in [0, 0.1) is 0 Å². The number of hydrogen-bond acceptors (Lipinski definition) is 4. The third-order valence-corrected chi connectivity index (χ3v) is 5.83. The molecule has 0 radical (unpaired) electrons. The van der Waals surface area contributed by atoms with Gasteiger partial charge in [0.05, 0.1) is 21.6 Å². The Labute approximate surface area is 147 Å². The minimum Gasteiger partial charge on any atom is -0.481 e. The molecule has 0 saturated carbocycles. The van der Waals surface area contributed by atoms with Crippen molar-refractivity contribution in [2.75, 3.05) is 7.05 Å². The van der Waals surface area contributed by atoms with Crippen LogP contribution in [0.5, 0.6) is 5.75 Å². The topological polar surface area (TPSA) is 42.4 Å². The summed E-state index contributed by atoms with van der Waals surface area (Å²) in [6.45, 7) is 3.95. The number of fused-ring (bicyclic) bond motifs is 1. The summed E-state index contributed by atoms with van der Waals surface area (Å²) < 4.78 is 5.80. The minimum absolute atomic E-state index is 0.0168. The Bertz CT molecular complexity index is 699. The zero-order valence-corrected chi connectivity index (χ0v) is 15.3. The van der Waals surface area contributed by atoms with Crippen molar-refractivity contribution in [1.29, 1.82) is 0 Å². The van der Waals surface area contributed by atoms with Crippen molar-refractivity contribution in [3.63, 3.8) is 0 Å². The van der Waals surface area contributed by atoms with Gasteiger partial charge >= 0.3 is 0 Å². The van der Waals surface area contributed by atoms with Gasteiger partial charge < -0.3 is 9.64 Å². The van der Waals surface area contributed by atoms with Gasteiger partial charge in [0.1, 0.15) is 5.75 Å². The van der Waals surface area contributed by atoms with Crippen molar-refractivity contribution >= 4 is 17.2 Å². The number of carbonyl (C=O) groups is 1. The highest BCUT2D eigenvalue weighted by Gasteiger charge is 2.32. The Morgan fingerprint density at radius 1 is 1.42 bits per heavy atom. The first-order valence-corrected chi connectivity index (χ1v) is 9.38. The molecular formula is C19H24N2O2S. The summed E-state index contributed by atoms with van der Waals surface area (Å²) in [7, 11) is 1.89. The second-order valence-electron chi connectivity index (χ2n) is 6.20. The molecule has 0 fully saturated rings. The number of para-hydroxylation sites is 1. The van der Waals surface area contributed by atoms with Gasteiger partial charge in [0.2, 0.25) is 0 Å². The highest BCUT2D eigenvalue weighted by atomic mass is 32.1. The number of rotatable bonds is 5. The minimum atomic E-state index is -0.499. The van der Waals surface area contributed by atoms with Crippen molar-refractivity contribution in [2.24, 2.45) is 0 Å². The normalized spacial score (nSPS) is 17.9. The lowest BCUT2D eigenvalue weighted by atomic mass is 9.96. The number of amides is 1. The van der Waals surface area contributed by atoms with E-state index in [4.69, 9.17) is 9.72 Å². The molecule has 1 heterocycles. The number of ether oxygens (including phenoxy) is 1. The van der Waals surface area contributed by atoms with Gasteiger partial charge in [-0.25, -0.2) is 4.98 Å². The number of carbonyl (C=O) groups excluding carboxylic acids is 1. The molecule has 0 aliphatic heterocycles. The molecular weight excluding hydrogens is 320 g/mol. The van der Waals surface area contributed by atoms with E-state index in [1.54, 1.807) is 11.3 Å². The molecule has 0 spiro atoms. The van der Waals surface area contributed by atoms with Crippen LogP contribution in [0.15, 0.2) is 30.3 Å². The van der Waals surface area contributed by atoms with Gasteiger partial charge in [-0.2, -0.15) is 0 Å². The van der Waals surface area contributed by atoms with Crippen LogP contribution in [0.3, 0.4) is 0 Å². The Morgan fingerprint density at radius 2 is 2.17 bits per heavy atom.